The topological polar surface area (TPSA) is 42.4 Å². The van der Waals surface area contributed by atoms with E-state index >= 15 is 0 Å². The van der Waals surface area contributed by atoms with Crippen LogP contribution in [0.25, 0.3) is 0 Å². The van der Waals surface area contributed by atoms with Crippen molar-refractivity contribution in [1.82, 2.24) is 9.88 Å². The maximum absolute atomic E-state index is 13.7. The SMILES string of the molecule is O=C1c2cc(OCc3ccccc3F)ccc2CCN1Cc1cccnc1. The van der Waals surface area contributed by atoms with Crippen LogP contribution < -0.4 is 4.74 Å². The average Bonchev–Trinajstić information content (AvgIpc) is 2.70. The summed E-state index contributed by atoms with van der Waals surface area (Å²) >= 11 is 0. The van der Waals surface area contributed by atoms with Crippen LogP contribution >= 0.6 is 0 Å². The minimum Gasteiger partial charge on any atom is -0.489 e. The molecule has 1 aliphatic heterocycles. The molecular weight excluding hydrogens is 343 g/mol. The van der Waals surface area contributed by atoms with Gasteiger partial charge < -0.3 is 9.64 Å². The number of nitrogens with zero attached hydrogens (tertiary/aromatic N) is 2. The first-order valence-corrected chi connectivity index (χ1v) is 8.88. The van der Waals surface area contributed by atoms with Crippen molar-refractivity contribution >= 4 is 5.91 Å². The lowest BCUT2D eigenvalue weighted by Crippen LogP contribution is -2.37. The molecule has 3 aromatic rings. The Morgan fingerprint density at radius 2 is 2.00 bits per heavy atom. The monoisotopic (exact) mass is 362 g/mol. The Morgan fingerprint density at radius 3 is 2.81 bits per heavy atom. The zero-order valence-electron chi connectivity index (χ0n) is 14.8. The van der Waals surface area contributed by atoms with Gasteiger partial charge in [0, 0.05) is 36.6 Å². The Morgan fingerprint density at radius 1 is 1.11 bits per heavy atom. The van der Waals surface area contributed by atoms with Crippen molar-refractivity contribution in [2.75, 3.05) is 6.54 Å². The lowest BCUT2D eigenvalue weighted by atomic mass is 9.98. The molecule has 1 aliphatic rings. The van der Waals surface area contributed by atoms with E-state index in [4.69, 9.17) is 4.74 Å². The van der Waals surface area contributed by atoms with Crippen LogP contribution in [-0.2, 0) is 19.6 Å². The summed E-state index contributed by atoms with van der Waals surface area (Å²) in [6.45, 7) is 1.33. The largest absolute Gasteiger partial charge is 0.489 e. The summed E-state index contributed by atoms with van der Waals surface area (Å²) in [5.41, 5.74) is 3.15. The highest BCUT2D eigenvalue weighted by atomic mass is 19.1. The highest BCUT2D eigenvalue weighted by molar-refractivity contribution is 5.97. The molecule has 2 heterocycles. The maximum Gasteiger partial charge on any atom is 0.254 e. The third-order valence-corrected chi connectivity index (χ3v) is 4.70. The van der Waals surface area contributed by atoms with Crippen molar-refractivity contribution in [2.24, 2.45) is 0 Å². The van der Waals surface area contributed by atoms with Crippen LogP contribution in [0.1, 0.15) is 27.0 Å². The molecule has 2 aromatic carbocycles. The van der Waals surface area contributed by atoms with E-state index in [-0.39, 0.29) is 18.3 Å². The number of ether oxygens (including phenoxy) is 1. The zero-order chi connectivity index (χ0) is 18.6. The van der Waals surface area contributed by atoms with Crippen LogP contribution in [0, 0.1) is 5.82 Å². The molecule has 1 aromatic heterocycles. The number of pyridine rings is 1. The van der Waals surface area contributed by atoms with Crippen LogP contribution in [0.15, 0.2) is 67.0 Å². The molecule has 0 saturated carbocycles. The second kappa shape index (κ2) is 7.58. The van der Waals surface area contributed by atoms with Crippen LogP contribution in [0.2, 0.25) is 0 Å². The summed E-state index contributed by atoms with van der Waals surface area (Å²) in [4.78, 5) is 18.8. The van der Waals surface area contributed by atoms with E-state index in [1.807, 2.05) is 29.2 Å². The molecule has 0 aliphatic carbocycles. The molecule has 5 heteroatoms. The molecule has 136 valence electrons. The number of rotatable bonds is 5. The van der Waals surface area contributed by atoms with Crippen LogP contribution in [0.4, 0.5) is 4.39 Å². The Hall–Kier alpha value is -3.21. The number of amides is 1. The van der Waals surface area contributed by atoms with Crippen molar-refractivity contribution in [3.05, 3.63) is 95.1 Å². The van der Waals surface area contributed by atoms with Crippen LogP contribution in [0.3, 0.4) is 0 Å². The number of carbonyl (C=O) groups is 1. The third-order valence-electron chi connectivity index (χ3n) is 4.70. The van der Waals surface area contributed by atoms with Gasteiger partial charge in [0.05, 0.1) is 0 Å². The van der Waals surface area contributed by atoms with Crippen LogP contribution in [-0.4, -0.2) is 22.3 Å². The van der Waals surface area contributed by atoms with Crippen molar-refractivity contribution in [3.63, 3.8) is 0 Å². The van der Waals surface area contributed by atoms with E-state index in [9.17, 15) is 9.18 Å². The minimum atomic E-state index is -0.297. The molecule has 4 rings (SSSR count). The molecule has 27 heavy (non-hydrogen) atoms. The van der Waals surface area contributed by atoms with E-state index in [1.165, 1.54) is 6.07 Å². The zero-order valence-corrected chi connectivity index (χ0v) is 14.8. The molecule has 4 nitrogen and oxygen atoms in total. The fourth-order valence-electron chi connectivity index (χ4n) is 3.23. The predicted octanol–water partition coefficient (Wildman–Crippen LogP) is 4.00. The van der Waals surface area contributed by atoms with Gasteiger partial charge in [-0.3, -0.25) is 9.78 Å². The smallest absolute Gasteiger partial charge is 0.254 e. The molecule has 0 saturated heterocycles. The summed E-state index contributed by atoms with van der Waals surface area (Å²) < 4.78 is 19.5. The Kier molecular flexibility index (Phi) is 4.83. The lowest BCUT2D eigenvalue weighted by molar-refractivity contribution is 0.0726. The van der Waals surface area contributed by atoms with Gasteiger partial charge in [-0.2, -0.15) is 0 Å². The lowest BCUT2D eigenvalue weighted by Gasteiger charge is -2.29. The van der Waals surface area contributed by atoms with Gasteiger partial charge in [-0.1, -0.05) is 30.3 Å². The summed E-state index contributed by atoms with van der Waals surface area (Å²) in [5.74, 6) is 0.249. The van der Waals surface area contributed by atoms with Gasteiger partial charge in [-0.25, -0.2) is 4.39 Å². The molecule has 0 bridgehead atoms. The van der Waals surface area contributed by atoms with Crippen molar-refractivity contribution in [3.8, 4) is 5.75 Å². The number of halogens is 1. The number of benzene rings is 2. The van der Waals surface area contributed by atoms with E-state index in [2.05, 4.69) is 4.98 Å². The third kappa shape index (κ3) is 3.82. The number of hydrogen-bond donors (Lipinski definition) is 0. The van der Waals surface area contributed by atoms with Crippen LogP contribution in [0.5, 0.6) is 5.75 Å². The number of carbonyl (C=O) groups excluding carboxylic acids is 1. The predicted molar refractivity (Wildman–Crippen MR) is 99.9 cm³/mol. The highest BCUT2D eigenvalue weighted by Gasteiger charge is 2.25. The number of fused-ring (bicyclic) bond motifs is 1. The molecule has 0 radical (unpaired) electrons. The van der Waals surface area contributed by atoms with E-state index in [1.54, 1.807) is 36.7 Å². The summed E-state index contributed by atoms with van der Waals surface area (Å²) in [5, 5.41) is 0. The van der Waals surface area contributed by atoms with E-state index < -0.39 is 0 Å². The minimum absolute atomic E-state index is 0.0172. The first-order valence-electron chi connectivity index (χ1n) is 8.88. The van der Waals surface area contributed by atoms with Gasteiger partial charge >= 0.3 is 0 Å². The number of hydrogen-bond acceptors (Lipinski definition) is 3. The fraction of sp³-hybridized carbons (Fsp3) is 0.182. The quantitative estimate of drug-likeness (QED) is 0.689. The molecule has 0 N–H and O–H groups in total. The van der Waals surface area contributed by atoms with Crippen molar-refractivity contribution in [2.45, 2.75) is 19.6 Å². The Labute approximate surface area is 157 Å². The standard InChI is InChI=1S/C22H19FN2O2/c23-21-6-2-1-5-18(21)15-27-19-8-7-17-9-11-25(22(26)20(17)12-19)14-16-4-3-10-24-13-16/h1-8,10,12-13H,9,11,14-15H2. The second-order valence-electron chi connectivity index (χ2n) is 6.54. The first kappa shape index (κ1) is 17.2. The molecule has 1 amide bonds. The molecular formula is C22H19FN2O2. The molecule has 0 fully saturated rings. The highest BCUT2D eigenvalue weighted by Crippen LogP contribution is 2.25. The van der Waals surface area contributed by atoms with Gasteiger partial charge in [0.25, 0.3) is 5.91 Å². The summed E-state index contributed by atoms with van der Waals surface area (Å²) in [7, 11) is 0. The second-order valence-corrected chi connectivity index (χ2v) is 6.54. The fourth-order valence-corrected chi connectivity index (χ4v) is 3.23. The van der Waals surface area contributed by atoms with Crippen molar-refractivity contribution in [1.29, 1.82) is 0 Å². The van der Waals surface area contributed by atoms with Gasteiger partial charge in [0.1, 0.15) is 18.2 Å². The molecule has 0 spiro atoms. The number of aromatic nitrogens is 1. The maximum atomic E-state index is 13.7. The first-order chi connectivity index (χ1) is 13.2. The van der Waals surface area contributed by atoms with E-state index in [0.717, 1.165) is 17.5 Å². The summed E-state index contributed by atoms with van der Waals surface area (Å²) in [6, 6.07) is 15.9. The van der Waals surface area contributed by atoms with Gasteiger partial charge in [-0.15, -0.1) is 0 Å². The van der Waals surface area contributed by atoms with Crippen molar-refractivity contribution < 1.29 is 13.9 Å². The Balaban J connectivity index is 1.49. The van der Waals surface area contributed by atoms with E-state index in [0.29, 0.717) is 30.0 Å². The van der Waals surface area contributed by atoms with Gasteiger partial charge in [0.15, 0.2) is 0 Å². The average molecular weight is 362 g/mol. The summed E-state index contributed by atoms with van der Waals surface area (Å²) in [6.07, 6.45) is 4.29. The van der Waals surface area contributed by atoms with Gasteiger partial charge in [0.2, 0.25) is 0 Å². The normalized spacial score (nSPS) is 13.4. The molecule has 0 unspecified atom stereocenters. The van der Waals surface area contributed by atoms with Gasteiger partial charge in [-0.05, 0) is 41.8 Å². The molecule has 0 atom stereocenters. The Bertz CT molecular complexity index is 960.